The number of allylic oxidation sites excluding steroid dienone is 1. The summed E-state index contributed by atoms with van der Waals surface area (Å²) in [4.78, 5) is 11.2. The number of carbonyl (C=O) groups is 1. The van der Waals surface area contributed by atoms with E-state index in [0.29, 0.717) is 30.6 Å². The molecule has 124 valence electrons. The molecule has 0 aromatic heterocycles. The van der Waals surface area contributed by atoms with Gasteiger partial charge in [0.1, 0.15) is 5.25 Å². The van der Waals surface area contributed by atoms with E-state index in [0.717, 1.165) is 13.1 Å². The summed E-state index contributed by atoms with van der Waals surface area (Å²) >= 11 is 0. The van der Waals surface area contributed by atoms with Gasteiger partial charge >= 0.3 is 5.97 Å². The van der Waals surface area contributed by atoms with Crippen molar-refractivity contribution in [2.24, 2.45) is 0 Å². The summed E-state index contributed by atoms with van der Waals surface area (Å²) < 4.78 is 37.1. The summed E-state index contributed by atoms with van der Waals surface area (Å²) in [5.74, 6) is -0.366. The minimum atomic E-state index is -4.02. The zero-order valence-electron chi connectivity index (χ0n) is 13.4. The fourth-order valence-electron chi connectivity index (χ4n) is 2.29. The van der Waals surface area contributed by atoms with Gasteiger partial charge in [0.25, 0.3) is 10.1 Å². The Hall–Kier alpha value is -0.920. The molecule has 0 amide bonds. The summed E-state index contributed by atoms with van der Waals surface area (Å²) in [6, 6.07) is 0. The fraction of sp³-hybridized carbons (Fsp3) is 0.786. The van der Waals surface area contributed by atoms with Crippen LogP contribution in [0.1, 0.15) is 34.1 Å². The van der Waals surface area contributed by atoms with Crippen LogP contribution in [0.2, 0.25) is 0 Å². The number of ether oxygens (including phenoxy) is 1. The number of esters is 1. The molecule has 6 nitrogen and oxygen atoms in total. The first-order chi connectivity index (χ1) is 9.70. The van der Waals surface area contributed by atoms with Gasteiger partial charge in [-0.15, -0.1) is 0 Å². The van der Waals surface area contributed by atoms with E-state index in [1.165, 1.54) is 13.0 Å². The van der Waals surface area contributed by atoms with Crippen LogP contribution in [-0.2, 0) is 19.6 Å². The molecule has 0 aliphatic rings. The second-order valence-corrected chi connectivity index (χ2v) is 7.06. The molecular weight excluding hydrogens is 294 g/mol. The Bertz CT molecular complexity index is 440. The Morgan fingerprint density at radius 3 is 2.33 bits per heavy atom. The molecule has 0 spiro atoms. The summed E-state index contributed by atoms with van der Waals surface area (Å²) in [6.45, 7) is 10.1. The minimum Gasteiger partial charge on any atom is -0.462 e. The average molecular weight is 322 g/mol. The lowest BCUT2D eigenvalue weighted by Crippen LogP contribution is -2.53. The summed E-state index contributed by atoms with van der Waals surface area (Å²) in [5, 5.41) is -0.803. The Morgan fingerprint density at radius 1 is 1.33 bits per heavy atom. The zero-order valence-corrected chi connectivity index (χ0v) is 14.2. The molecule has 0 radical (unpaired) electrons. The number of rotatable bonds is 10. The number of carbonyl (C=O) groups excluding carboxylic acids is 1. The van der Waals surface area contributed by atoms with E-state index < -0.39 is 15.4 Å². The summed E-state index contributed by atoms with van der Waals surface area (Å²) in [5.41, 5.74) is 0. The lowest BCUT2D eigenvalue weighted by atomic mass is 10.2. The quantitative estimate of drug-likeness (QED) is 0.217. The van der Waals surface area contributed by atoms with Crippen molar-refractivity contribution in [2.45, 2.75) is 39.4 Å². The molecule has 0 saturated carbocycles. The van der Waals surface area contributed by atoms with E-state index in [2.05, 4.69) is 0 Å². The normalized spacial score (nSPS) is 14.3. The van der Waals surface area contributed by atoms with Gasteiger partial charge in [0.2, 0.25) is 0 Å². The van der Waals surface area contributed by atoms with Crippen LogP contribution < -0.4 is 0 Å². The van der Waals surface area contributed by atoms with Gasteiger partial charge in [0.15, 0.2) is 0 Å². The molecule has 0 fully saturated rings. The van der Waals surface area contributed by atoms with Crippen molar-refractivity contribution in [2.75, 3.05) is 32.8 Å². The lowest BCUT2D eigenvalue weighted by molar-refractivity contribution is -0.924. The highest BCUT2D eigenvalue weighted by molar-refractivity contribution is 7.86. The first-order valence-corrected chi connectivity index (χ1v) is 8.82. The van der Waals surface area contributed by atoms with Crippen LogP contribution in [0.5, 0.6) is 0 Å². The Balaban J connectivity index is 4.50. The third-order valence-electron chi connectivity index (χ3n) is 3.82. The Morgan fingerprint density at radius 2 is 1.90 bits per heavy atom. The highest BCUT2D eigenvalue weighted by Gasteiger charge is 2.31. The van der Waals surface area contributed by atoms with Gasteiger partial charge in [-0.05, 0) is 27.7 Å². The first-order valence-electron chi connectivity index (χ1n) is 7.31. The van der Waals surface area contributed by atoms with Crippen molar-refractivity contribution >= 4 is 16.1 Å². The molecule has 0 aromatic carbocycles. The number of hydrogen-bond acceptors (Lipinski definition) is 4. The molecule has 0 aromatic rings. The highest BCUT2D eigenvalue weighted by atomic mass is 32.2. The van der Waals surface area contributed by atoms with E-state index in [1.807, 2.05) is 13.8 Å². The Kier molecular flexibility index (Phi) is 8.77. The highest BCUT2D eigenvalue weighted by Crippen LogP contribution is 2.13. The van der Waals surface area contributed by atoms with Crippen molar-refractivity contribution in [1.82, 2.24) is 0 Å². The third-order valence-corrected chi connectivity index (χ3v) is 4.98. The summed E-state index contributed by atoms with van der Waals surface area (Å²) in [6.07, 6.45) is 3.64. The number of hydrogen-bond donors (Lipinski definition) is 1. The monoisotopic (exact) mass is 322 g/mol. The largest absolute Gasteiger partial charge is 0.462 e. The zero-order chi connectivity index (χ0) is 16.5. The van der Waals surface area contributed by atoms with Crippen LogP contribution in [0.4, 0.5) is 0 Å². The molecule has 7 heteroatoms. The van der Waals surface area contributed by atoms with Gasteiger partial charge in [0, 0.05) is 12.5 Å². The standard InChI is InChI=1S/C14H27NO5S/c1-5-9-14(16)20-11-8-10-15(6-2,7-3)12-13(4)21(17,18)19/h5,9,13H,6-8,10-12H2,1-4H3/p+1. The molecule has 1 unspecified atom stereocenters. The van der Waals surface area contributed by atoms with Crippen LogP contribution in [0.15, 0.2) is 12.2 Å². The fourth-order valence-corrected chi connectivity index (χ4v) is 2.79. The molecule has 0 heterocycles. The molecule has 0 saturated heterocycles. The van der Waals surface area contributed by atoms with Gasteiger partial charge in [-0.25, -0.2) is 4.79 Å². The van der Waals surface area contributed by atoms with Crippen LogP contribution in [0.25, 0.3) is 0 Å². The lowest BCUT2D eigenvalue weighted by Gasteiger charge is -2.38. The first kappa shape index (κ1) is 20.1. The van der Waals surface area contributed by atoms with Crippen molar-refractivity contribution in [3.05, 3.63) is 12.2 Å². The molecular formula is C14H28NO5S+. The molecule has 0 rings (SSSR count). The van der Waals surface area contributed by atoms with Crippen molar-refractivity contribution < 1.29 is 27.0 Å². The van der Waals surface area contributed by atoms with Crippen LogP contribution in [0, 0.1) is 0 Å². The predicted octanol–water partition coefficient (Wildman–Crippen LogP) is 1.63. The predicted molar refractivity (Wildman–Crippen MR) is 82.5 cm³/mol. The van der Waals surface area contributed by atoms with Gasteiger partial charge in [-0.1, -0.05) is 6.08 Å². The van der Waals surface area contributed by atoms with Gasteiger partial charge in [-0.2, -0.15) is 8.42 Å². The SMILES string of the molecule is CC=CC(=O)OCCC[N+](CC)(CC)CC(C)S(=O)(=O)O. The van der Waals surface area contributed by atoms with Gasteiger partial charge < -0.3 is 9.22 Å². The number of nitrogens with zero attached hydrogens (tertiary/aromatic N) is 1. The maximum absolute atomic E-state index is 11.2. The van der Waals surface area contributed by atoms with E-state index in [9.17, 15) is 13.2 Å². The molecule has 0 bridgehead atoms. The maximum Gasteiger partial charge on any atom is 0.330 e. The molecule has 1 N–H and O–H groups in total. The number of quaternary nitrogens is 1. The molecule has 0 aliphatic carbocycles. The van der Waals surface area contributed by atoms with E-state index in [-0.39, 0.29) is 5.97 Å². The second-order valence-electron chi connectivity index (χ2n) is 5.23. The van der Waals surface area contributed by atoms with Crippen molar-refractivity contribution in [3.63, 3.8) is 0 Å². The van der Waals surface area contributed by atoms with E-state index >= 15 is 0 Å². The topological polar surface area (TPSA) is 80.7 Å². The molecule has 21 heavy (non-hydrogen) atoms. The van der Waals surface area contributed by atoms with E-state index in [4.69, 9.17) is 9.29 Å². The van der Waals surface area contributed by atoms with Gasteiger partial charge in [0.05, 0.1) is 32.8 Å². The van der Waals surface area contributed by atoms with Crippen LogP contribution in [-0.4, -0.2) is 61.5 Å². The third kappa shape index (κ3) is 7.59. The van der Waals surface area contributed by atoms with Crippen LogP contribution >= 0.6 is 0 Å². The second kappa shape index (κ2) is 9.17. The van der Waals surface area contributed by atoms with Crippen LogP contribution in [0.3, 0.4) is 0 Å². The maximum atomic E-state index is 11.2. The van der Waals surface area contributed by atoms with Crippen molar-refractivity contribution in [3.8, 4) is 0 Å². The smallest absolute Gasteiger partial charge is 0.330 e. The molecule has 1 atom stereocenters. The summed E-state index contributed by atoms with van der Waals surface area (Å²) in [7, 11) is -4.02. The average Bonchev–Trinajstić information content (AvgIpc) is 2.41. The Labute approximate surface area is 128 Å². The van der Waals surface area contributed by atoms with Crippen molar-refractivity contribution in [1.29, 1.82) is 0 Å². The van der Waals surface area contributed by atoms with Gasteiger partial charge in [-0.3, -0.25) is 4.55 Å². The molecule has 0 aliphatic heterocycles. The minimum absolute atomic E-state index is 0.309. The van der Waals surface area contributed by atoms with E-state index in [1.54, 1.807) is 13.0 Å².